The summed E-state index contributed by atoms with van der Waals surface area (Å²) < 4.78 is 4.67. The van der Waals surface area contributed by atoms with Crippen molar-refractivity contribution >= 4 is 5.91 Å². The lowest BCUT2D eigenvalue weighted by Gasteiger charge is -2.13. The summed E-state index contributed by atoms with van der Waals surface area (Å²) >= 11 is 0. The number of benzene rings is 1. The van der Waals surface area contributed by atoms with E-state index in [1.807, 2.05) is 13.8 Å². The smallest absolute Gasteiger partial charge is 0.251 e. The number of nitrogens with one attached hydrogen (secondary N) is 1. The Hall–Kier alpha value is -2.21. The molecule has 1 aromatic carbocycles. The third kappa shape index (κ3) is 4.39. The van der Waals surface area contributed by atoms with Crippen LogP contribution in [0.1, 0.15) is 30.6 Å². The molecule has 1 aromatic heterocycles. The molecule has 1 atom stereocenters. The zero-order chi connectivity index (χ0) is 15.2. The molecular weight excluding hydrogens is 270 g/mol. The van der Waals surface area contributed by atoms with E-state index in [4.69, 9.17) is 0 Å². The first kappa shape index (κ1) is 15.2. The highest BCUT2D eigenvalue weighted by Gasteiger charge is 2.11. The summed E-state index contributed by atoms with van der Waals surface area (Å²) in [6.45, 7) is 4.31. The van der Waals surface area contributed by atoms with Crippen LogP contribution in [0.25, 0.3) is 11.4 Å². The van der Waals surface area contributed by atoms with Crippen molar-refractivity contribution in [1.82, 2.24) is 15.5 Å². The van der Waals surface area contributed by atoms with Crippen molar-refractivity contribution in [2.75, 3.05) is 6.54 Å². The summed E-state index contributed by atoms with van der Waals surface area (Å²) in [6, 6.07) is 6.89. The maximum Gasteiger partial charge on any atom is 0.251 e. The molecule has 1 heterocycles. The van der Waals surface area contributed by atoms with Crippen LogP contribution < -0.4 is 5.32 Å². The number of hydrogen-bond donors (Lipinski definition) is 2. The SMILES string of the molecule is CC(C)CC(O)CNC(=O)c1ccc(-c2ncon2)cc1. The number of aromatic nitrogens is 2. The molecule has 0 aliphatic rings. The topological polar surface area (TPSA) is 88.2 Å². The zero-order valence-corrected chi connectivity index (χ0v) is 12.1. The van der Waals surface area contributed by atoms with Crippen molar-refractivity contribution in [1.29, 1.82) is 0 Å². The van der Waals surface area contributed by atoms with Gasteiger partial charge in [0.25, 0.3) is 5.91 Å². The number of carbonyl (C=O) groups excluding carboxylic acids is 1. The quantitative estimate of drug-likeness (QED) is 0.847. The molecule has 0 radical (unpaired) electrons. The molecule has 6 heteroatoms. The monoisotopic (exact) mass is 289 g/mol. The Labute approximate surface area is 123 Å². The van der Waals surface area contributed by atoms with Gasteiger partial charge in [-0.1, -0.05) is 31.1 Å². The molecule has 2 N–H and O–H groups in total. The van der Waals surface area contributed by atoms with E-state index < -0.39 is 6.10 Å². The van der Waals surface area contributed by atoms with Crippen molar-refractivity contribution in [2.24, 2.45) is 5.92 Å². The molecule has 1 unspecified atom stereocenters. The number of hydrogen-bond acceptors (Lipinski definition) is 5. The van der Waals surface area contributed by atoms with Gasteiger partial charge in [0.1, 0.15) is 0 Å². The van der Waals surface area contributed by atoms with Crippen molar-refractivity contribution in [2.45, 2.75) is 26.4 Å². The van der Waals surface area contributed by atoms with Gasteiger partial charge in [-0.2, -0.15) is 4.98 Å². The molecule has 0 saturated heterocycles. The fourth-order valence-electron chi connectivity index (χ4n) is 2.01. The summed E-state index contributed by atoms with van der Waals surface area (Å²) in [4.78, 5) is 15.9. The molecule has 2 rings (SSSR count). The average molecular weight is 289 g/mol. The summed E-state index contributed by atoms with van der Waals surface area (Å²) in [5, 5.41) is 16.2. The molecule has 21 heavy (non-hydrogen) atoms. The highest BCUT2D eigenvalue weighted by Crippen LogP contribution is 2.15. The number of aliphatic hydroxyl groups excluding tert-OH is 1. The van der Waals surface area contributed by atoms with E-state index in [0.29, 0.717) is 23.7 Å². The van der Waals surface area contributed by atoms with Crippen molar-refractivity contribution in [3.63, 3.8) is 0 Å². The molecule has 1 amide bonds. The van der Waals surface area contributed by atoms with Gasteiger partial charge < -0.3 is 14.9 Å². The van der Waals surface area contributed by atoms with Crippen LogP contribution in [0.4, 0.5) is 0 Å². The largest absolute Gasteiger partial charge is 0.391 e. The minimum atomic E-state index is -0.521. The van der Waals surface area contributed by atoms with Crippen LogP contribution in [0.5, 0.6) is 0 Å². The van der Waals surface area contributed by atoms with Gasteiger partial charge in [0.15, 0.2) is 0 Å². The van der Waals surface area contributed by atoms with E-state index in [2.05, 4.69) is 20.0 Å². The second-order valence-corrected chi connectivity index (χ2v) is 5.33. The highest BCUT2D eigenvalue weighted by atomic mass is 16.5. The third-order valence-electron chi connectivity index (χ3n) is 3.01. The predicted molar refractivity (Wildman–Crippen MR) is 77.5 cm³/mol. The van der Waals surface area contributed by atoms with E-state index >= 15 is 0 Å². The van der Waals surface area contributed by atoms with Crippen LogP contribution in [-0.2, 0) is 0 Å². The van der Waals surface area contributed by atoms with Crippen LogP contribution in [0, 0.1) is 5.92 Å². The number of amides is 1. The van der Waals surface area contributed by atoms with Crippen LogP contribution >= 0.6 is 0 Å². The lowest BCUT2D eigenvalue weighted by atomic mass is 10.1. The Bertz CT molecular complexity index is 564. The second kappa shape index (κ2) is 6.99. The second-order valence-electron chi connectivity index (χ2n) is 5.33. The Morgan fingerprint density at radius 2 is 2.05 bits per heavy atom. The van der Waals surface area contributed by atoms with Gasteiger partial charge in [-0.3, -0.25) is 4.79 Å². The molecule has 6 nitrogen and oxygen atoms in total. The van der Waals surface area contributed by atoms with Gasteiger partial charge in [-0.25, -0.2) is 0 Å². The Balaban J connectivity index is 1.91. The zero-order valence-electron chi connectivity index (χ0n) is 12.1. The maximum absolute atomic E-state index is 12.0. The normalized spacial score (nSPS) is 12.4. The van der Waals surface area contributed by atoms with Crippen molar-refractivity contribution in [3.05, 3.63) is 36.2 Å². The highest BCUT2D eigenvalue weighted by molar-refractivity contribution is 5.94. The Kier molecular flexibility index (Phi) is 5.05. The van der Waals surface area contributed by atoms with E-state index in [0.717, 1.165) is 5.56 Å². The van der Waals surface area contributed by atoms with Crippen LogP contribution in [0.3, 0.4) is 0 Å². The molecule has 2 aromatic rings. The molecule has 0 spiro atoms. The molecule has 0 fully saturated rings. The minimum absolute atomic E-state index is 0.211. The van der Waals surface area contributed by atoms with Gasteiger partial charge in [0, 0.05) is 17.7 Å². The molecular formula is C15H19N3O3. The Morgan fingerprint density at radius 1 is 1.33 bits per heavy atom. The first-order valence-electron chi connectivity index (χ1n) is 6.89. The molecule has 112 valence electrons. The summed E-state index contributed by atoms with van der Waals surface area (Å²) in [5.74, 6) is 0.665. The van der Waals surface area contributed by atoms with E-state index in [1.54, 1.807) is 24.3 Å². The fraction of sp³-hybridized carbons (Fsp3) is 0.400. The molecule has 0 saturated carbocycles. The van der Waals surface area contributed by atoms with Crippen LogP contribution in [0.15, 0.2) is 35.2 Å². The van der Waals surface area contributed by atoms with Crippen LogP contribution in [-0.4, -0.2) is 33.8 Å². The van der Waals surface area contributed by atoms with Gasteiger partial charge >= 0.3 is 0 Å². The van der Waals surface area contributed by atoms with Gasteiger partial charge in [0.05, 0.1) is 6.10 Å². The van der Waals surface area contributed by atoms with E-state index in [-0.39, 0.29) is 12.5 Å². The average Bonchev–Trinajstić information content (AvgIpc) is 2.98. The number of carbonyl (C=O) groups is 1. The number of rotatable bonds is 6. The predicted octanol–water partition coefficient (Wildman–Crippen LogP) is 1.87. The van der Waals surface area contributed by atoms with Gasteiger partial charge in [-0.15, -0.1) is 0 Å². The van der Waals surface area contributed by atoms with E-state index in [1.165, 1.54) is 6.39 Å². The van der Waals surface area contributed by atoms with Crippen LogP contribution in [0.2, 0.25) is 0 Å². The van der Waals surface area contributed by atoms with Crippen molar-refractivity contribution < 1.29 is 14.4 Å². The van der Waals surface area contributed by atoms with Crippen molar-refractivity contribution in [3.8, 4) is 11.4 Å². The molecule has 0 aliphatic carbocycles. The Morgan fingerprint density at radius 3 is 2.62 bits per heavy atom. The fourth-order valence-corrected chi connectivity index (χ4v) is 2.01. The third-order valence-corrected chi connectivity index (χ3v) is 3.01. The summed E-state index contributed by atoms with van der Waals surface area (Å²) in [7, 11) is 0. The standard InChI is InChI=1S/C15H19N3O3/c1-10(2)7-13(19)8-16-15(20)12-5-3-11(4-6-12)14-17-9-21-18-14/h3-6,9-10,13,19H,7-8H2,1-2H3,(H,16,20). The van der Waals surface area contributed by atoms with Gasteiger partial charge in [0.2, 0.25) is 12.2 Å². The first-order chi connectivity index (χ1) is 10.1. The number of nitrogens with zero attached hydrogens (tertiary/aromatic N) is 2. The maximum atomic E-state index is 12.0. The number of aliphatic hydroxyl groups is 1. The lowest BCUT2D eigenvalue weighted by molar-refractivity contribution is 0.0900. The minimum Gasteiger partial charge on any atom is -0.391 e. The summed E-state index contributed by atoms with van der Waals surface area (Å²) in [5.41, 5.74) is 1.30. The first-order valence-corrected chi connectivity index (χ1v) is 6.89. The van der Waals surface area contributed by atoms with E-state index in [9.17, 15) is 9.90 Å². The lowest BCUT2D eigenvalue weighted by Crippen LogP contribution is -2.32. The summed E-state index contributed by atoms with van der Waals surface area (Å²) in [6.07, 6.45) is 1.40. The molecule has 0 aliphatic heterocycles. The molecule has 0 bridgehead atoms. The van der Waals surface area contributed by atoms with Gasteiger partial charge in [-0.05, 0) is 24.5 Å².